The van der Waals surface area contributed by atoms with E-state index in [1.54, 1.807) is 23.1 Å². The Morgan fingerprint density at radius 2 is 1.68 bits per heavy atom. The molecule has 0 radical (unpaired) electrons. The van der Waals surface area contributed by atoms with Gasteiger partial charge in [-0.15, -0.1) is 0 Å². The third-order valence-corrected chi connectivity index (χ3v) is 7.19. The standard InChI is InChI=1S/C25H26ClF3N4O4/c1-37-19-14-17(13-18(26)30-19)21(34)32-10-7-24(8-11-32)9-12-33(15-24)22(35)20(16-5-3-2-4-6-16)31-23(36)25(27,28)29/h2-6,13-14,20H,7-12,15H2,1H3,(H,31,36)/t20-/m0/s1. The highest BCUT2D eigenvalue weighted by molar-refractivity contribution is 6.29. The Hall–Kier alpha value is -3.34. The molecule has 0 aliphatic carbocycles. The summed E-state index contributed by atoms with van der Waals surface area (Å²) in [6.45, 7) is 1.61. The summed E-state index contributed by atoms with van der Waals surface area (Å²) < 4.78 is 43.9. The summed E-state index contributed by atoms with van der Waals surface area (Å²) in [5.74, 6) is -2.72. The molecule has 2 saturated heterocycles. The van der Waals surface area contributed by atoms with Gasteiger partial charge in [-0.05, 0) is 36.3 Å². The maximum absolute atomic E-state index is 13.3. The zero-order valence-electron chi connectivity index (χ0n) is 20.1. The first-order valence-corrected chi connectivity index (χ1v) is 12.1. The van der Waals surface area contributed by atoms with E-state index in [-0.39, 0.29) is 27.9 Å². The molecule has 37 heavy (non-hydrogen) atoms. The topological polar surface area (TPSA) is 91.8 Å². The zero-order valence-corrected chi connectivity index (χ0v) is 20.8. The lowest BCUT2D eigenvalue weighted by Gasteiger charge is -2.39. The van der Waals surface area contributed by atoms with Crippen LogP contribution in [0.2, 0.25) is 5.15 Å². The number of methoxy groups -OCH3 is 1. The zero-order chi connectivity index (χ0) is 26.8. The highest BCUT2D eigenvalue weighted by Gasteiger charge is 2.46. The van der Waals surface area contributed by atoms with E-state index in [4.69, 9.17) is 16.3 Å². The van der Waals surface area contributed by atoms with Gasteiger partial charge >= 0.3 is 12.1 Å². The lowest BCUT2D eigenvalue weighted by atomic mass is 9.77. The molecule has 1 atom stereocenters. The maximum atomic E-state index is 13.3. The minimum Gasteiger partial charge on any atom is -0.481 e. The summed E-state index contributed by atoms with van der Waals surface area (Å²) in [6.07, 6.45) is -3.20. The van der Waals surface area contributed by atoms with E-state index >= 15 is 0 Å². The number of carbonyl (C=O) groups excluding carboxylic acids is 3. The third-order valence-electron chi connectivity index (χ3n) is 7.00. The maximum Gasteiger partial charge on any atom is 0.471 e. The largest absolute Gasteiger partial charge is 0.481 e. The second-order valence-electron chi connectivity index (χ2n) is 9.34. The van der Waals surface area contributed by atoms with Crippen LogP contribution in [0.4, 0.5) is 13.2 Å². The number of hydrogen-bond acceptors (Lipinski definition) is 5. The molecule has 2 aliphatic heterocycles. The van der Waals surface area contributed by atoms with Gasteiger partial charge < -0.3 is 19.9 Å². The van der Waals surface area contributed by atoms with Crippen molar-refractivity contribution in [3.63, 3.8) is 0 Å². The van der Waals surface area contributed by atoms with Gasteiger partial charge in [-0.3, -0.25) is 14.4 Å². The number of amides is 3. The van der Waals surface area contributed by atoms with E-state index < -0.39 is 24.0 Å². The Morgan fingerprint density at radius 3 is 2.27 bits per heavy atom. The summed E-state index contributed by atoms with van der Waals surface area (Å²) in [6, 6.07) is 9.44. The monoisotopic (exact) mass is 538 g/mol. The Bertz CT molecular complexity index is 1170. The van der Waals surface area contributed by atoms with E-state index in [2.05, 4.69) is 4.98 Å². The van der Waals surface area contributed by atoms with Crippen molar-refractivity contribution in [2.24, 2.45) is 5.41 Å². The molecule has 1 spiro atoms. The molecule has 0 bridgehead atoms. The highest BCUT2D eigenvalue weighted by atomic mass is 35.5. The van der Waals surface area contributed by atoms with Crippen molar-refractivity contribution < 1.29 is 32.3 Å². The predicted molar refractivity (Wildman–Crippen MR) is 128 cm³/mol. The molecule has 1 aromatic carbocycles. The van der Waals surface area contributed by atoms with Crippen molar-refractivity contribution in [1.29, 1.82) is 0 Å². The number of nitrogens with zero attached hydrogens (tertiary/aromatic N) is 3. The van der Waals surface area contributed by atoms with Gasteiger partial charge in [0, 0.05) is 37.8 Å². The molecule has 4 rings (SSSR count). The van der Waals surface area contributed by atoms with Gasteiger partial charge in [0.05, 0.1) is 7.11 Å². The SMILES string of the molecule is COc1cc(C(=O)N2CCC3(CC2)CCN(C(=O)[C@@H](NC(=O)C(F)(F)F)c2ccccc2)C3)cc(Cl)n1. The first-order valence-electron chi connectivity index (χ1n) is 11.7. The second kappa shape index (κ2) is 10.6. The summed E-state index contributed by atoms with van der Waals surface area (Å²) in [7, 11) is 1.43. The van der Waals surface area contributed by atoms with Crippen molar-refractivity contribution in [1.82, 2.24) is 20.1 Å². The van der Waals surface area contributed by atoms with Crippen LogP contribution >= 0.6 is 11.6 Å². The fraction of sp³-hybridized carbons (Fsp3) is 0.440. The van der Waals surface area contributed by atoms with Crippen LogP contribution in [0, 0.1) is 5.41 Å². The van der Waals surface area contributed by atoms with E-state index in [1.165, 1.54) is 36.3 Å². The smallest absolute Gasteiger partial charge is 0.471 e. The van der Waals surface area contributed by atoms with Gasteiger partial charge in [-0.25, -0.2) is 4.98 Å². The number of hydrogen-bond donors (Lipinski definition) is 1. The van der Waals surface area contributed by atoms with E-state index in [9.17, 15) is 27.6 Å². The molecular formula is C25H26ClF3N4O4. The number of carbonyl (C=O) groups is 3. The lowest BCUT2D eigenvalue weighted by Crippen LogP contribution is -2.48. The van der Waals surface area contributed by atoms with E-state index in [0.29, 0.717) is 51.0 Å². The molecule has 3 heterocycles. The summed E-state index contributed by atoms with van der Waals surface area (Å²) in [4.78, 5) is 45.2. The fourth-order valence-electron chi connectivity index (χ4n) is 4.93. The highest BCUT2D eigenvalue weighted by Crippen LogP contribution is 2.41. The summed E-state index contributed by atoms with van der Waals surface area (Å²) in [5, 5.41) is 2.01. The van der Waals surface area contributed by atoms with Gasteiger partial charge in [0.15, 0.2) is 0 Å². The van der Waals surface area contributed by atoms with Crippen LogP contribution in [0.1, 0.15) is 41.2 Å². The molecule has 198 valence electrons. The molecular weight excluding hydrogens is 513 g/mol. The predicted octanol–water partition coefficient (Wildman–Crippen LogP) is 3.62. The molecule has 0 unspecified atom stereocenters. The van der Waals surface area contributed by atoms with Gasteiger partial charge in [0.1, 0.15) is 11.2 Å². The molecule has 2 aromatic rings. The van der Waals surface area contributed by atoms with Crippen LogP contribution in [0.5, 0.6) is 5.88 Å². The third kappa shape index (κ3) is 5.98. The summed E-state index contributed by atoms with van der Waals surface area (Å²) >= 11 is 5.99. The average molecular weight is 539 g/mol. The van der Waals surface area contributed by atoms with Crippen LogP contribution in [0.15, 0.2) is 42.5 Å². The fourth-order valence-corrected chi connectivity index (χ4v) is 5.13. The quantitative estimate of drug-likeness (QED) is 0.587. The van der Waals surface area contributed by atoms with Crippen LogP contribution < -0.4 is 10.1 Å². The number of ether oxygens (including phenoxy) is 1. The number of pyridine rings is 1. The van der Waals surface area contributed by atoms with E-state index in [1.807, 2.05) is 5.32 Å². The molecule has 1 N–H and O–H groups in total. The first kappa shape index (κ1) is 26.7. The number of nitrogens with one attached hydrogen (secondary N) is 1. The lowest BCUT2D eigenvalue weighted by molar-refractivity contribution is -0.175. The number of halogens is 4. The molecule has 12 heteroatoms. The van der Waals surface area contributed by atoms with Crippen molar-refractivity contribution in [2.75, 3.05) is 33.3 Å². The van der Waals surface area contributed by atoms with Crippen LogP contribution in [0.25, 0.3) is 0 Å². The van der Waals surface area contributed by atoms with Gasteiger partial charge in [-0.1, -0.05) is 41.9 Å². The number of benzene rings is 1. The van der Waals surface area contributed by atoms with Crippen LogP contribution in [0.3, 0.4) is 0 Å². The van der Waals surface area contributed by atoms with E-state index in [0.717, 1.165) is 0 Å². The van der Waals surface area contributed by atoms with Gasteiger partial charge in [-0.2, -0.15) is 13.2 Å². The second-order valence-corrected chi connectivity index (χ2v) is 9.73. The molecule has 2 fully saturated rings. The number of alkyl halides is 3. The Balaban J connectivity index is 1.42. The van der Waals surface area contributed by atoms with Gasteiger partial charge in [0.25, 0.3) is 5.91 Å². The molecule has 2 aliphatic rings. The minimum absolute atomic E-state index is 0.145. The average Bonchev–Trinajstić information content (AvgIpc) is 3.29. The minimum atomic E-state index is -5.11. The molecule has 0 saturated carbocycles. The van der Waals surface area contributed by atoms with Crippen LogP contribution in [-0.4, -0.2) is 72.0 Å². The van der Waals surface area contributed by atoms with Crippen molar-refractivity contribution in [3.05, 3.63) is 58.7 Å². The van der Waals surface area contributed by atoms with Gasteiger partial charge in [0.2, 0.25) is 11.8 Å². The molecule has 3 amide bonds. The number of likely N-dealkylation sites (tertiary alicyclic amines) is 2. The Kier molecular flexibility index (Phi) is 7.63. The van der Waals surface area contributed by atoms with Crippen molar-refractivity contribution in [2.45, 2.75) is 31.5 Å². The van der Waals surface area contributed by atoms with Crippen molar-refractivity contribution in [3.8, 4) is 5.88 Å². The first-order chi connectivity index (χ1) is 17.5. The van der Waals surface area contributed by atoms with Crippen LogP contribution in [-0.2, 0) is 9.59 Å². The Labute approximate surface area is 216 Å². The molecule has 1 aromatic heterocycles. The molecule has 8 nitrogen and oxygen atoms in total. The number of piperidine rings is 1. The number of aromatic nitrogens is 1. The van der Waals surface area contributed by atoms with Crippen molar-refractivity contribution >= 4 is 29.3 Å². The normalized spacial score (nSPS) is 18.0. The number of rotatable bonds is 5. The summed E-state index contributed by atoms with van der Waals surface area (Å²) in [5.41, 5.74) is 0.384. The Morgan fingerprint density at radius 1 is 1.05 bits per heavy atom.